The van der Waals surface area contributed by atoms with Crippen molar-refractivity contribution in [2.45, 2.75) is 25.5 Å². The van der Waals surface area contributed by atoms with Gasteiger partial charge in [0.2, 0.25) is 5.91 Å². The molecule has 4 nitrogen and oxygen atoms in total. The van der Waals surface area contributed by atoms with Crippen LogP contribution in [0.5, 0.6) is 0 Å². The molecule has 0 saturated heterocycles. The number of hydrogen-bond acceptors (Lipinski definition) is 3. The van der Waals surface area contributed by atoms with Crippen molar-refractivity contribution in [1.29, 1.82) is 0 Å². The Morgan fingerprint density at radius 3 is 2.93 bits per heavy atom. The molecule has 0 spiro atoms. The number of hydrogen-bond donors (Lipinski definition) is 3. The molecule has 0 saturated carbocycles. The Hall–Kier alpha value is -1.39. The molecule has 0 aromatic heterocycles. The predicted octanol–water partition coefficient (Wildman–Crippen LogP) is 0.562. The van der Waals surface area contributed by atoms with E-state index in [0.29, 0.717) is 6.42 Å². The first kappa shape index (κ1) is 10.1. The molecule has 1 heterocycles. The highest BCUT2D eigenvalue weighted by molar-refractivity contribution is 5.99. The van der Waals surface area contributed by atoms with Crippen LogP contribution in [0.15, 0.2) is 18.2 Å². The number of nitrogens with two attached hydrogens (primary N) is 1. The Kier molecular flexibility index (Phi) is 2.46. The zero-order valence-corrected chi connectivity index (χ0v) is 8.53. The largest absolute Gasteiger partial charge is 0.391 e. The molecule has 15 heavy (non-hydrogen) atoms. The lowest BCUT2D eigenvalue weighted by Crippen LogP contribution is -2.23. The van der Waals surface area contributed by atoms with Crippen LogP contribution in [0.1, 0.15) is 24.1 Å². The lowest BCUT2D eigenvalue weighted by molar-refractivity contribution is -0.115. The summed E-state index contributed by atoms with van der Waals surface area (Å²) < 4.78 is 0. The number of carbonyl (C=O) groups is 1. The number of carbonyl (C=O) groups excluding carboxylic acids is 1. The van der Waals surface area contributed by atoms with Gasteiger partial charge in [-0.05, 0) is 24.1 Å². The van der Waals surface area contributed by atoms with Gasteiger partial charge < -0.3 is 16.2 Å². The number of benzene rings is 1. The van der Waals surface area contributed by atoms with E-state index in [1.54, 1.807) is 6.92 Å². The number of fused-ring (bicyclic) bond motifs is 1. The molecule has 1 aliphatic rings. The smallest absolute Gasteiger partial charge is 0.228 e. The summed E-state index contributed by atoms with van der Waals surface area (Å²) >= 11 is 0. The van der Waals surface area contributed by atoms with Gasteiger partial charge in [0.1, 0.15) is 0 Å². The van der Waals surface area contributed by atoms with Gasteiger partial charge in [-0.3, -0.25) is 4.79 Å². The van der Waals surface area contributed by atoms with E-state index in [0.717, 1.165) is 16.8 Å². The number of aliphatic hydroxyl groups excluding tert-OH is 1. The summed E-state index contributed by atoms with van der Waals surface area (Å²) in [5.41, 5.74) is 8.47. The van der Waals surface area contributed by atoms with Gasteiger partial charge in [0.25, 0.3) is 0 Å². The molecule has 4 N–H and O–H groups in total. The van der Waals surface area contributed by atoms with Crippen LogP contribution in [0.25, 0.3) is 0 Å². The molecule has 0 fully saturated rings. The fourth-order valence-electron chi connectivity index (χ4n) is 1.74. The van der Waals surface area contributed by atoms with Gasteiger partial charge in [0.05, 0.1) is 18.6 Å². The molecule has 0 bridgehead atoms. The van der Waals surface area contributed by atoms with E-state index in [9.17, 15) is 9.90 Å². The lowest BCUT2D eigenvalue weighted by atomic mass is 10.00. The highest BCUT2D eigenvalue weighted by Gasteiger charge is 2.20. The number of nitrogens with one attached hydrogen (secondary N) is 1. The van der Waals surface area contributed by atoms with Crippen molar-refractivity contribution in [3.05, 3.63) is 29.3 Å². The minimum absolute atomic E-state index is 0.00719. The summed E-state index contributed by atoms with van der Waals surface area (Å²) in [6, 6.07) is 5.15. The van der Waals surface area contributed by atoms with Crippen LogP contribution < -0.4 is 11.1 Å². The number of anilines is 1. The summed E-state index contributed by atoms with van der Waals surface area (Å²) in [6.07, 6.45) is -0.191. The average molecular weight is 206 g/mol. The Bertz CT molecular complexity index is 402. The van der Waals surface area contributed by atoms with Gasteiger partial charge in [-0.25, -0.2) is 0 Å². The molecule has 0 aliphatic carbocycles. The predicted molar refractivity (Wildman–Crippen MR) is 57.4 cm³/mol. The normalized spacial score (nSPS) is 18.2. The van der Waals surface area contributed by atoms with Gasteiger partial charge in [-0.15, -0.1) is 0 Å². The first-order valence-corrected chi connectivity index (χ1v) is 4.94. The molecule has 80 valence electrons. The van der Waals surface area contributed by atoms with Gasteiger partial charge >= 0.3 is 0 Å². The van der Waals surface area contributed by atoms with Crippen molar-refractivity contribution in [1.82, 2.24) is 0 Å². The second-order valence-electron chi connectivity index (χ2n) is 3.91. The third-order valence-corrected chi connectivity index (χ3v) is 2.66. The van der Waals surface area contributed by atoms with E-state index < -0.39 is 12.1 Å². The number of amides is 1. The van der Waals surface area contributed by atoms with Crippen LogP contribution in [-0.4, -0.2) is 17.1 Å². The van der Waals surface area contributed by atoms with Crippen LogP contribution in [0.3, 0.4) is 0 Å². The first-order valence-electron chi connectivity index (χ1n) is 4.94. The quantitative estimate of drug-likeness (QED) is 0.662. The van der Waals surface area contributed by atoms with Crippen LogP contribution >= 0.6 is 0 Å². The second kappa shape index (κ2) is 3.64. The Morgan fingerprint density at radius 1 is 1.53 bits per heavy atom. The molecule has 1 aromatic carbocycles. The Balaban J connectivity index is 2.31. The van der Waals surface area contributed by atoms with Gasteiger partial charge in [-0.2, -0.15) is 0 Å². The van der Waals surface area contributed by atoms with Crippen molar-refractivity contribution in [2.24, 2.45) is 5.73 Å². The third-order valence-electron chi connectivity index (χ3n) is 2.66. The molecular weight excluding hydrogens is 192 g/mol. The highest BCUT2D eigenvalue weighted by atomic mass is 16.3. The molecule has 2 unspecified atom stereocenters. The van der Waals surface area contributed by atoms with Gasteiger partial charge in [0, 0.05) is 5.69 Å². The van der Waals surface area contributed by atoms with Crippen LogP contribution in [0, 0.1) is 0 Å². The maximum Gasteiger partial charge on any atom is 0.228 e. The maximum atomic E-state index is 11.1. The molecule has 2 rings (SSSR count). The van der Waals surface area contributed by atoms with Crippen LogP contribution in [0.4, 0.5) is 5.69 Å². The maximum absolute atomic E-state index is 11.1. The summed E-state index contributed by atoms with van der Waals surface area (Å²) in [6.45, 7) is 1.65. The van der Waals surface area contributed by atoms with Crippen LogP contribution in [0.2, 0.25) is 0 Å². The standard InChI is InChI=1S/C11H14N2O2/c1-6(14)11(12)7-2-3-9-8(4-7)5-10(15)13-9/h2-4,6,11,14H,5,12H2,1H3,(H,13,15). The summed E-state index contributed by atoms with van der Waals surface area (Å²) in [5.74, 6) is 0.00719. The molecule has 4 heteroatoms. The van der Waals surface area contributed by atoms with Crippen molar-refractivity contribution >= 4 is 11.6 Å². The van der Waals surface area contributed by atoms with E-state index in [-0.39, 0.29) is 5.91 Å². The first-order chi connectivity index (χ1) is 7.08. The molecule has 1 amide bonds. The van der Waals surface area contributed by atoms with E-state index in [1.165, 1.54) is 0 Å². The number of aliphatic hydroxyl groups is 1. The molecule has 2 atom stereocenters. The fourth-order valence-corrected chi connectivity index (χ4v) is 1.74. The van der Waals surface area contributed by atoms with E-state index in [1.807, 2.05) is 18.2 Å². The molecule has 1 aliphatic heterocycles. The summed E-state index contributed by atoms with van der Waals surface area (Å²) in [7, 11) is 0. The summed E-state index contributed by atoms with van der Waals surface area (Å²) in [5, 5.41) is 12.1. The Morgan fingerprint density at radius 2 is 2.27 bits per heavy atom. The van der Waals surface area contributed by atoms with Crippen LogP contribution in [-0.2, 0) is 11.2 Å². The van der Waals surface area contributed by atoms with Crippen molar-refractivity contribution in [2.75, 3.05) is 5.32 Å². The third kappa shape index (κ3) is 1.86. The molecular formula is C11H14N2O2. The van der Waals surface area contributed by atoms with Gasteiger partial charge in [0.15, 0.2) is 0 Å². The van der Waals surface area contributed by atoms with E-state index in [4.69, 9.17) is 5.73 Å². The molecule has 1 aromatic rings. The second-order valence-corrected chi connectivity index (χ2v) is 3.91. The van der Waals surface area contributed by atoms with E-state index in [2.05, 4.69) is 5.32 Å². The van der Waals surface area contributed by atoms with Crippen molar-refractivity contribution in [3.8, 4) is 0 Å². The zero-order chi connectivity index (χ0) is 11.0. The van der Waals surface area contributed by atoms with Gasteiger partial charge in [-0.1, -0.05) is 12.1 Å². The minimum atomic E-state index is -0.590. The average Bonchev–Trinajstić information content (AvgIpc) is 2.55. The number of rotatable bonds is 2. The molecule has 0 radical (unpaired) electrons. The van der Waals surface area contributed by atoms with Crippen molar-refractivity contribution in [3.63, 3.8) is 0 Å². The summed E-state index contributed by atoms with van der Waals surface area (Å²) in [4.78, 5) is 11.1. The highest BCUT2D eigenvalue weighted by Crippen LogP contribution is 2.26. The zero-order valence-electron chi connectivity index (χ0n) is 8.53. The van der Waals surface area contributed by atoms with E-state index >= 15 is 0 Å². The van der Waals surface area contributed by atoms with Crippen molar-refractivity contribution < 1.29 is 9.90 Å². The fraction of sp³-hybridized carbons (Fsp3) is 0.364. The monoisotopic (exact) mass is 206 g/mol. The minimum Gasteiger partial charge on any atom is -0.391 e. The lowest BCUT2D eigenvalue weighted by Gasteiger charge is -2.15. The Labute approximate surface area is 88.1 Å². The SMILES string of the molecule is CC(O)C(N)c1ccc2c(c1)CC(=O)N2. The topological polar surface area (TPSA) is 75.3 Å².